The van der Waals surface area contributed by atoms with Crippen LogP contribution in [-0.4, -0.2) is 9.55 Å². The first-order valence-electron chi connectivity index (χ1n) is 6.08. The first-order chi connectivity index (χ1) is 8.29. The lowest BCUT2D eigenvalue weighted by atomic mass is 9.96. The second-order valence-corrected chi connectivity index (χ2v) is 6.90. The van der Waals surface area contributed by atoms with Crippen LogP contribution in [0.15, 0.2) is 18.2 Å². The highest BCUT2D eigenvalue weighted by atomic mass is 35.5. The third kappa shape index (κ3) is 2.65. The number of fused-ring (bicyclic) bond motifs is 1. The maximum atomic E-state index is 6.31. The van der Waals surface area contributed by atoms with Crippen LogP contribution in [0.1, 0.15) is 38.9 Å². The summed E-state index contributed by atoms with van der Waals surface area (Å²) < 4.78 is 2.15. The minimum absolute atomic E-state index is 0.129. The van der Waals surface area contributed by atoms with Crippen molar-refractivity contribution in [2.45, 2.75) is 39.6 Å². The SMILES string of the molecule is CC(Cl)c1nc2cccc(Cl)c2n1CC(C)(C)C. The molecule has 0 spiro atoms. The summed E-state index contributed by atoms with van der Waals surface area (Å²) in [4.78, 5) is 4.60. The summed E-state index contributed by atoms with van der Waals surface area (Å²) in [7, 11) is 0. The number of hydrogen-bond donors (Lipinski definition) is 0. The van der Waals surface area contributed by atoms with Crippen molar-refractivity contribution in [3.05, 3.63) is 29.0 Å². The molecule has 0 amide bonds. The number of benzene rings is 1. The highest BCUT2D eigenvalue weighted by Gasteiger charge is 2.21. The molecule has 98 valence electrons. The molecule has 2 aromatic rings. The molecule has 0 saturated heterocycles. The van der Waals surface area contributed by atoms with Gasteiger partial charge in [0.15, 0.2) is 0 Å². The van der Waals surface area contributed by atoms with E-state index in [1.807, 2.05) is 25.1 Å². The van der Waals surface area contributed by atoms with E-state index in [1.54, 1.807) is 0 Å². The fraction of sp³-hybridized carbons (Fsp3) is 0.500. The average molecular weight is 285 g/mol. The van der Waals surface area contributed by atoms with E-state index < -0.39 is 0 Å². The van der Waals surface area contributed by atoms with E-state index in [4.69, 9.17) is 23.2 Å². The average Bonchev–Trinajstić information content (AvgIpc) is 2.56. The Balaban J connectivity index is 2.69. The van der Waals surface area contributed by atoms with Gasteiger partial charge in [-0.15, -0.1) is 11.6 Å². The Kier molecular flexibility index (Phi) is 3.61. The molecule has 0 bridgehead atoms. The zero-order valence-corrected chi connectivity index (χ0v) is 12.7. The van der Waals surface area contributed by atoms with Gasteiger partial charge in [0.2, 0.25) is 0 Å². The first-order valence-corrected chi connectivity index (χ1v) is 6.90. The molecule has 4 heteroatoms. The molecule has 0 saturated carbocycles. The molecule has 1 aromatic carbocycles. The molecule has 1 atom stereocenters. The zero-order chi connectivity index (χ0) is 13.5. The number of para-hydroxylation sites is 1. The van der Waals surface area contributed by atoms with E-state index in [-0.39, 0.29) is 10.8 Å². The van der Waals surface area contributed by atoms with Gasteiger partial charge in [-0.2, -0.15) is 0 Å². The molecule has 2 nitrogen and oxygen atoms in total. The zero-order valence-electron chi connectivity index (χ0n) is 11.2. The van der Waals surface area contributed by atoms with E-state index in [2.05, 4.69) is 30.3 Å². The lowest BCUT2D eigenvalue weighted by molar-refractivity contribution is 0.343. The van der Waals surface area contributed by atoms with Crippen molar-refractivity contribution in [2.24, 2.45) is 5.41 Å². The van der Waals surface area contributed by atoms with Crippen molar-refractivity contribution < 1.29 is 0 Å². The standard InChI is InChI=1S/C14H18Cl2N2/c1-9(15)13-17-11-7-5-6-10(16)12(11)18(13)8-14(2,3)4/h5-7,9H,8H2,1-4H3. The van der Waals surface area contributed by atoms with Gasteiger partial charge in [0.1, 0.15) is 5.82 Å². The van der Waals surface area contributed by atoms with E-state index >= 15 is 0 Å². The minimum Gasteiger partial charge on any atom is -0.325 e. The lowest BCUT2D eigenvalue weighted by Gasteiger charge is -2.22. The van der Waals surface area contributed by atoms with Gasteiger partial charge in [-0.1, -0.05) is 38.4 Å². The van der Waals surface area contributed by atoms with Crippen LogP contribution in [0.3, 0.4) is 0 Å². The van der Waals surface area contributed by atoms with E-state index in [0.717, 1.165) is 28.4 Å². The van der Waals surface area contributed by atoms with Crippen molar-refractivity contribution in [2.75, 3.05) is 0 Å². The molecule has 0 aliphatic carbocycles. The Hall–Kier alpha value is -0.730. The Morgan fingerprint density at radius 1 is 1.33 bits per heavy atom. The first kappa shape index (κ1) is 13.7. The number of imidazole rings is 1. The van der Waals surface area contributed by atoms with Crippen molar-refractivity contribution in [1.82, 2.24) is 9.55 Å². The summed E-state index contributed by atoms with van der Waals surface area (Å²) in [5.74, 6) is 0.884. The molecule has 0 aliphatic heterocycles. The summed E-state index contributed by atoms with van der Waals surface area (Å²) in [6, 6.07) is 5.79. The Morgan fingerprint density at radius 2 is 2.00 bits per heavy atom. The third-order valence-electron chi connectivity index (χ3n) is 2.74. The maximum Gasteiger partial charge on any atom is 0.127 e. The Labute approximate surface area is 118 Å². The highest BCUT2D eigenvalue weighted by Crippen LogP contribution is 2.31. The molecule has 1 unspecified atom stereocenters. The number of alkyl halides is 1. The van der Waals surface area contributed by atoms with Crippen LogP contribution in [0.4, 0.5) is 0 Å². The number of hydrogen-bond acceptors (Lipinski definition) is 1. The minimum atomic E-state index is -0.129. The van der Waals surface area contributed by atoms with Gasteiger partial charge in [0.25, 0.3) is 0 Å². The summed E-state index contributed by atoms with van der Waals surface area (Å²) >= 11 is 12.5. The van der Waals surface area contributed by atoms with Crippen LogP contribution in [0.2, 0.25) is 5.02 Å². The molecule has 1 heterocycles. The van der Waals surface area contributed by atoms with Crippen LogP contribution in [0.5, 0.6) is 0 Å². The molecule has 1 aromatic heterocycles. The Bertz CT molecular complexity index is 565. The molecule has 0 aliphatic rings. The molecular formula is C14H18Cl2N2. The number of nitrogens with zero attached hydrogens (tertiary/aromatic N) is 2. The smallest absolute Gasteiger partial charge is 0.127 e. The number of halogens is 2. The topological polar surface area (TPSA) is 17.8 Å². The van der Waals surface area contributed by atoms with Gasteiger partial charge in [0.05, 0.1) is 21.4 Å². The summed E-state index contributed by atoms with van der Waals surface area (Å²) in [5, 5.41) is 0.601. The van der Waals surface area contributed by atoms with Gasteiger partial charge in [0, 0.05) is 6.54 Å². The van der Waals surface area contributed by atoms with Crippen LogP contribution < -0.4 is 0 Å². The van der Waals surface area contributed by atoms with Crippen LogP contribution in [0, 0.1) is 5.41 Å². The molecule has 2 rings (SSSR count). The molecular weight excluding hydrogens is 267 g/mol. The quantitative estimate of drug-likeness (QED) is 0.707. The predicted octanol–water partition coefficient (Wildman–Crippen LogP) is 5.04. The van der Waals surface area contributed by atoms with E-state index in [0.29, 0.717) is 0 Å². The normalized spacial score (nSPS) is 14.1. The van der Waals surface area contributed by atoms with Crippen molar-refractivity contribution in [3.8, 4) is 0 Å². The molecule has 0 fully saturated rings. The summed E-state index contributed by atoms with van der Waals surface area (Å²) in [5.41, 5.74) is 2.04. The Morgan fingerprint density at radius 3 is 2.56 bits per heavy atom. The maximum absolute atomic E-state index is 6.31. The van der Waals surface area contributed by atoms with Crippen molar-refractivity contribution >= 4 is 34.2 Å². The number of aromatic nitrogens is 2. The van der Waals surface area contributed by atoms with Crippen LogP contribution in [0.25, 0.3) is 11.0 Å². The fourth-order valence-electron chi connectivity index (χ4n) is 2.10. The number of rotatable bonds is 2. The van der Waals surface area contributed by atoms with Crippen LogP contribution >= 0.6 is 23.2 Å². The van der Waals surface area contributed by atoms with E-state index in [9.17, 15) is 0 Å². The highest BCUT2D eigenvalue weighted by molar-refractivity contribution is 6.35. The van der Waals surface area contributed by atoms with Gasteiger partial charge in [-0.25, -0.2) is 4.98 Å². The molecule has 0 N–H and O–H groups in total. The largest absolute Gasteiger partial charge is 0.325 e. The van der Waals surface area contributed by atoms with Gasteiger partial charge < -0.3 is 4.57 Å². The monoisotopic (exact) mass is 284 g/mol. The predicted molar refractivity (Wildman–Crippen MR) is 78.5 cm³/mol. The molecule has 0 radical (unpaired) electrons. The van der Waals surface area contributed by atoms with Crippen molar-refractivity contribution in [3.63, 3.8) is 0 Å². The van der Waals surface area contributed by atoms with Crippen LogP contribution in [-0.2, 0) is 6.54 Å². The molecule has 18 heavy (non-hydrogen) atoms. The lowest BCUT2D eigenvalue weighted by Crippen LogP contribution is -2.17. The second kappa shape index (κ2) is 4.75. The second-order valence-electron chi connectivity index (χ2n) is 5.84. The fourth-order valence-corrected chi connectivity index (χ4v) is 2.54. The summed E-state index contributed by atoms with van der Waals surface area (Å²) in [6.07, 6.45) is 0. The van der Waals surface area contributed by atoms with Gasteiger partial charge in [-0.3, -0.25) is 0 Å². The third-order valence-corrected chi connectivity index (χ3v) is 3.24. The van der Waals surface area contributed by atoms with Crippen molar-refractivity contribution in [1.29, 1.82) is 0 Å². The van der Waals surface area contributed by atoms with Gasteiger partial charge in [-0.05, 0) is 24.5 Å². The van der Waals surface area contributed by atoms with Gasteiger partial charge >= 0.3 is 0 Å². The summed E-state index contributed by atoms with van der Waals surface area (Å²) in [6.45, 7) is 9.37. The van der Waals surface area contributed by atoms with E-state index in [1.165, 1.54) is 0 Å².